The number of phenolic OH excluding ortho intramolecular Hbond substituents is 1. The van der Waals surface area contributed by atoms with Crippen LogP contribution in [0, 0.1) is 5.92 Å². The Morgan fingerprint density at radius 1 is 1.00 bits per heavy atom. The Morgan fingerprint density at radius 3 is 2.09 bits per heavy atom. The third-order valence-corrected chi connectivity index (χ3v) is 5.26. The van der Waals surface area contributed by atoms with E-state index in [1.807, 2.05) is 13.8 Å². The van der Waals surface area contributed by atoms with Gasteiger partial charge in [0.15, 0.2) is 5.78 Å². The first-order valence-corrected chi connectivity index (χ1v) is 10.8. The molecule has 0 aliphatic carbocycles. The van der Waals surface area contributed by atoms with Gasteiger partial charge in [0.05, 0.1) is 12.6 Å². The summed E-state index contributed by atoms with van der Waals surface area (Å²) < 4.78 is 5.26. The van der Waals surface area contributed by atoms with Crippen LogP contribution < -0.4 is 16.0 Å². The first-order valence-electron chi connectivity index (χ1n) is 10.8. The van der Waals surface area contributed by atoms with E-state index in [0.29, 0.717) is 6.42 Å². The molecular weight excluding hydrogens is 414 g/mol. The zero-order valence-electron chi connectivity index (χ0n) is 19.2. The van der Waals surface area contributed by atoms with E-state index in [0.717, 1.165) is 5.56 Å². The molecule has 1 aliphatic heterocycles. The number of carbonyl (C=O) groups excluding carboxylic acids is 4. The molecule has 1 unspecified atom stereocenters. The fourth-order valence-corrected chi connectivity index (χ4v) is 3.32. The third-order valence-electron chi connectivity index (χ3n) is 5.26. The lowest BCUT2D eigenvalue weighted by Crippen LogP contribution is -2.56. The van der Waals surface area contributed by atoms with Gasteiger partial charge in [0.2, 0.25) is 17.7 Å². The highest BCUT2D eigenvalue weighted by Gasteiger charge is 2.50. The van der Waals surface area contributed by atoms with Crippen LogP contribution in [0.3, 0.4) is 0 Å². The lowest BCUT2D eigenvalue weighted by atomic mass is 9.94. The molecule has 1 aromatic carbocycles. The van der Waals surface area contributed by atoms with Crippen molar-refractivity contribution in [3.8, 4) is 5.75 Å². The lowest BCUT2D eigenvalue weighted by molar-refractivity contribution is -0.133. The SMILES string of the molecule is CC(=O)N[C@H](CC(C)C)C(=O)N[C@@H](C)C(=O)N[C@H](Cc1ccc(O)cc1)C(=O)C1(C)CO1. The maximum absolute atomic E-state index is 12.9. The highest BCUT2D eigenvalue weighted by molar-refractivity contribution is 5.98. The minimum atomic E-state index is -0.935. The highest BCUT2D eigenvalue weighted by Crippen LogP contribution is 2.29. The van der Waals surface area contributed by atoms with Crippen molar-refractivity contribution in [3.05, 3.63) is 29.8 Å². The molecule has 0 bridgehead atoms. The van der Waals surface area contributed by atoms with Gasteiger partial charge in [-0.25, -0.2) is 0 Å². The molecule has 1 saturated heterocycles. The minimum Gasteiger partial charge on any atom is -0.508 e. The molecule has 0 radical (unpaired) electrons. The Bertz CT molecular complexity index is 848. The summed E-state index contributed by atoms with van der Waals surface area (Å²) in [5.41, 5.74) is -0.181. The quantitative estimate of drug-likeness (QED) is 0.371. The molecule has 4 atom stereocenters. The third kappa shape index (κ3) is 7.33. The van der Waals surface area contributed by atoms with E-state index in [1.54, 1.807) is 19.1 Å². The average molecular weight is 448 g/mol. The van der Waals surface area contributed by atoms with Crippen LogP contribution in [-0.2, 0) is 30.3 Å². The molecule has 9 nitrogen and oxygen atoms in total. The predicted octanol–water partition coefficient (Wildman–Crippen LogP) is 0.833. The van der Waals surface area contributed by atoms with Gasteiger partial charge >= 0.3 is 0 Å². The standard InChI is InChI=1S/C23H33N3O6/c1-13(2)10-19(25-15(4)27)22(31)24-14(3)21(30)26-18(20(29)23(5)12-32-23)11-16-6-8-17(28)9-7-16/h6-9,13-14,18-19,28H,10-12H2,1-5H3,(H,24,31)(H,25,27)(H,26,30)/t14-,18+,19+,23?/m0/s1. The van der Waals surface area contributed by atoms with Crippen molar-refractivity contribution >= 4 is 23.5 Å². The number of aromatic hydroxyl groups is 1. The van der Waals surface area contributed by atoms with E-state index in [4.69, 9.17) is 4.74 Å². The number of carbonyl (C=O) groups is 4. The van der Waals surface area contributed by atoms with E-state index in [2.05, 4.69) is 16.0 Å². The van der Waals surface area contributed by atoms with Crippen LogP contribution in [0.1, 0.15) is 46.6 Å². The fourth-order valence-electron chi connectivity index (χ4n) is 3.32. The molecule has 1 fully saturated rings. The number of ketones is 1. The average Bonchev–Trinajstić information content (AvgIpc) is 3.45. The van der Waals surface area contributed by atoms with Crippen LogP contribution in [0.4, 0.5) is 0 Å². The smallest absolute Gasteiger partial charge is 0.243 e. The number of amides is 3. The number of epoxide rings is 1. The van der Waals surface area contributed by atoms with Crippen molar-refractivity contribution in [2.45, 2.75) is 71.2 Å². The van der Waals surface area contributed by atoms with Crippen molar-refractivity contribution < 1.29 is 29.0 Å². The Hall–Kier alpha value is -2.94. The molecular formula is C23H33N3O6. The number of phenols is 1. The van der Waals surface area contributed by atoms with E-state index >= 15 is 0 Å². The molecule has 2 rings (SSSR count). The van der Waals surface area contributed by atoms with Crippen LogP contribution in [-0.4, -0.2) is 58.9 Å². The van der Waals surface area contributed by atoms with Crippen LogP contribution in [0.15, 0.2) is 24.3 Å². The number of hydrogen-bond donors (Lipinski definition) is 4. The van der Waals surface area contributed by atoms with Gasteiger partial charge in [-0.05, 0) is 50.3 Å². The summed E-state index contributed by atoms with van der Waals surface area (Å²) in [6.45, 7) is 8.66. The number of hydrogen-bond acceptors (Lipinski definition) is 6. The Balaban J connectivity index is 2.06. The molecule has 0 saturated carbocycles. The van der Waals surface area contributed by atoms with Gasteiger partial charge in [-0.15, -0.1) is 0 Å². The van der Waals surface area contributed by atoms with E-state index in [9.17, 15) is 24.3 Å². The van der Waals surface area contributed by atoms with Crippen LogP contribution in [0.25, 0.3) is 0 Å². The van der Waals surface area contributed by atoms with E-state index in [1.165, 1.54) is 26.0 Å². The van der Waals surface area contributed by atoms with Crippen molar-refractivity contribution in [3.63, 3.8) is 0 Å². The molecule has 0 aromatic heterocycles. The van der Waals surface area contributed by atoms with Crippen LogP contribution in [0.5, 0.6) is 5.75 Å². The largest absolute Gasteiger partial charge is 0.508 e. The zero-order chi connectivity index (χ0) is 24.1. The van der Waals surface area contributed by atoms with Gasteiger partial charge in [0.1, 0.15) is 23.4 Å². The van der Waals surface area contributed by atoms with E-state index < -0.39 is 35.5 Å². The predicted molar refractivity (Wildman–Crippen MR) is 118 cm³/mol. The van der Waals surface area contributed by atoms with Crippen molar-refractivity contribution in [1.29, 1.82) is 0 Å². The molecule has 9 heteroatoms. The number of ether oxygens (including phenoxy) is 1. The maximum Gasteiger partial charge on any atom is 0.243 e. The van der Waals surface area contributed by atoms with Crippen molar-refractivity contribution in [1.82, 2.24) is 16.0 Å². The molecule has 4 N–H and O–H groups in total. The first-order chi connectivity index (χ1) is 14.9. The Labute approximate surface area is 188 Å². The minimum absolute atomic E-state index is 0.101. The van der Waals surface area contributed by atoms with Gasteiger partial charge in [-0.2, -0.15) is 0 Å². The fraction of sp³-hybridized carbons (Fsp3) is 0.565. The van der Waals surface area contributed by atoms with Gasteiger partial charge in [0, 0.05) is 6.92 Å². The molecule has 0 spiro atoms. The lowest BCUT2D eigenvalue weighted by Gasteiger charge is -2.24. The summed E-state index contributed by atoms with van der Waals surface area (Å²) in [5, 5.41) is 17.4. The molecule has 1 aliphatic rings. The molecule has 176 valence electrons. The number of benzene rings is 1. The second-order valence-electron chi connectivity index (χ2n) is 8.93. The molecule has 1 aromatic rings. The highest BCUT2D eigenvalue weighted by atomic mass is 16.6. The van der Waals surface area contributed by atoms with Gasteiger partial charge < -0.3 is 25.8 Å². The van der Waals surface area contributed by atoms with Crippen LogP contribution >= 0.6 is 0 Å². The van der Waals surface area contributed by atoms with Crippen molar-refractivity contribution in [2.24, 2.45) is 5.92 Å². The normalized spacial score (nSPS) is 20.1. The first kappa shape index (κ1) is 25.3. The van der Waals surface area contributed by atoms with Crippen molar-refractivity contribution in [2.75, 3.05) is 6.61 Å². The topological polar surface area (TPSA) is 137 Å². The van der Waals surface area contributed by atoms with Gasteiger partial charge in [0.25, 0.3) is 0 Å². The summed E-state index contributed by atoms with van der Waals surface area (Å²) >= 11 is 0. The molecule has 32 heavy (non-hydrogen) atoms. The summed E-state index contributed by atoms with van der Waals surface area (Å²) in [6.07, 6.45) is 0.643. The van der Waals surface area contributed by atoms with E-state index in [-0.39, 0.29) is 36.4 Å². The molecule has 3 amide bonds. The second kappa shape index (κ2) is 10.6. The monoisotopic (exact) mass is 447 g/mol. The van der Waals surface area contributed by atoms with Crippen LogP contribution in [0.2, 0.25) is 0 Å². The molecule has 1 heterocycles. The number of rotatable bonds is 11. The maximum atomic E-state index is 12.9. The zero-order valence-corrected chi connectivity index (χ0v) is 19.2. The van der Waals surface area contributed by atoms with Gasteiger partial charge in [-0.3, -0.25) is 19.2 Å². The second-order valence-corrected chi connectivity index (χ2v) is 8.93. The Morgan fingerprint density at radius 2 is 1.59 bits per heavy atom. The summed E-state index contributed by atoms with van der Waals surface area (Å²) in [4.78, 5) is 49.8. The summed E-state index contributed by atoms with van der Waals surface area (Å²) in [5.74, 6) is -1.31. The Kier molecular flexibility index (Phi) is 8.38. The number of nitrogens with one attached hydrogen (secondary N) is 3. The summed E-state index contributed by atoms with van der Waals surface area (Å²) in [7, 11) is 0. The number of Topliss-reactive ketones (excluding diaryl/α,β-unsaturated/α-hetero) is 1. The van der Waals surface area contributed by atoms with Gasteiger partial charge in [-0.1, -0.05) is 26.0 Å². The summed E-state index contributed by atoms with van der Waals surface area (Å²) in [6, 6.07) is 3.83.